The summed E-state index contributed by atoms with van der Waals surface area (Å²) in [6.45, 7) is 24.7. The van der Waals surface area contributed by atoms with E-state index in [4.69, 9.17) is 23.3 Å². The van der Waals surface area contributed by atoms with Crippen molar-refractivity contribution < 1.29 is 14.4 Å². The topological polar surface area (TPSA) is 87.3 Å². The maximum absolute atomic E-state index is 15.0. The first kappa shape index (κ1) is 46.2. The number of nitrogens with one attached hydrogen (secondary N) is 3. The fraction of sp³-hybridized carbons (Fsp3) is 0.917. The van der Waals surface area contributed by atoms with Crippen LogP contribution < -0.4 is 16.0 Å². The summed E-state index contributed by atoms with van der Waals surface area (Å²) in [6, 6.07) is 0.162. The summed E-state index contributed by atoms with van der Waals surface area (Å²) in [5, 5.41) is 10.8. The summed E-state index contributed by atoms with van der Waals surface area (Å²) < 4.78 is 0. The van der Waals surface area contributed by atoms with E-state index in [1.807, 2.05) is 41.5 Å². The Labute approximate surface area is 296 Å². The van der Waals surface area contributed by atoms with Crippen LogP contribution in [0.15, 0.2) is 0 Å². The Morgan fingerprint density at radius 2 is 0.936 bits per heavy atom. The number of hydrogen-bond acceptors (Lipinski definition) is 6. The van der Waals surface area contributed by atoms with Gasteiger partial charge < -0.3 is 16.0 Å². The minimum atomic E-state index is -1.04. The minimum absolute atomic E-state index is 0.0318. The fourth-order valence-corrected chi connectivity index (χ4v) is 8.97. The first-order chi connectivity index (χ1) is 22.2. The van der Waals surface area contributed by atoms with Crippen LogP contribution in [0.4, 0.5) is 0 Å². The highest BCUT2D eigenvalue weighted by atomic mass is 16.1. The number of rotatable bonds is 28. The molecule has 0 aromatic heterocycles. The van der Waals surface area contributed by atoms with Crippen molar-refractivity contribution in [1.82, 2.24) is 16.0 Å². The highest BCUT2D eigenvalue weighted by Gasteiger charge is 2.57. The summed E-state index contributed by atoms with van der Waals surface area (Å²) in [5.74, 6) is -2.48. The van der Waals surface area contributed by atoms with Gasteiger partial charge >= 0.3 is 0 Å². The van der Waals surface area contributed by atoms with Crippen LogP contribution in [0, 0.1) is 16.7 Å². The monoisotopic (exact) mass is 646 g/mol. The average Bonchev–Trinajstić information content (AvgIpc) is 3.11. The molecule has 0 saturated heterocycles. The third-order valence-electron chi connectivity index (χ3n) is 12.5. The Kier molecular flexibility index (Phi) is 21.1. The Balaban J connectivity index is 7.09. The second-order valence-electron chi connectivity index (χ2n) is 13.6. The molecule has 0 aromatic rings. The molecule has 0 saturated carbocycles. The number of carbonyl (C=O) groups excluding carboxylic acids is 3. The molecule has 3 unspecified atom stereocenters. The molecule has 0 amide bonds. The minimum Gasteiger partial charge on any atom is -0.313 e. The molecule has 3 N–H and O–H groups in total. The average molecular weight is 645 g/mol. The van der Waals surface area contributed by atoms with Crippen LogP contribution >= 0.6 is 0 Å². The van der Waals surface area contributed by atoms with Crippen molar-refractivity contribution >= 4 is 55.0 Å². The van der Waals surface area contributed by atoms with Crippen molar-refractivity contribution in [2.45, 2.75) is 195 Å². The third kappa shape index (κ3) is 9.31. The Bertz CT molecular complexity index is 929. The number of Topliss-reactive ketones (excluding diaryl/α,β-unsaturated/α-hetero) is 3. The summed E-state index contributed by atoms with van der Waals surface area (Å²) >= 11 is 0. The summed E-state index contributed by atoms with van der Waals surface area (Å²) in [6.07, 6.45) is 7.86. The lowest BCUT2D eigenvalue weighted by atomic mass is 9.45. The number of hydrogen-bond donors (Lipinski definition) is 3. The largest absolute Gasteiger partial charge is 0.313 e. The van der Waals surface area contributed by atoms with Crippen LogP contribution in [0.1, 0.15) is 160 Å². The second kappa shape index (κ2) is 21.4. The molecule has 0 bridgehead atoms. The zero-order chi connectivity index (χ0) is 36.6. The van der Waals surface area contributed by atoms with Crippen molar-refractivity contribution in [2.75, 3.05) is 0 Å². The molecule has 11 heteroatoms. The van der Waals surface area contributed by atoms with Crippen molar-refractivity contribution in [3.05, 3.63) is 0 Å². The molecule has 260 valence electrons. The van der Waals surface area contributed by atoms with Gasteiger partial charge in [0.25, 0.3) is 0 Å². The lowest BCUT2D eigenvalue weighted by Gasteiger charge is -2.55. The van der Waals surface area contributed by atoms with Crippen LogP contribution in [0.25, 0.3) is 0 Å². The Hall–Kier alpha value is -0.785. The Morgan fingerprint density at radius 1 is 0.553 bits per heavy atom. The molecule has 0 fully saturated rings. The van der Waals surface area contributed by atoms with Gasteiger partial charge in [-0.15, -0.1) is 0 Å². The first-order valence-corrected chi connectivity index (χ1v) is 19.0. The van der Waals surface area contributed by atoms with Gasteiger partial charge in [-0.05, 0) is 77.0 Å². The highest BCUT2D eigenvalue weighted by molar-refractivity contribution is 6.92. The molecule has 8 radical (unpaired) electrons. The van der Waals surface area contributed by atoms with E-state index < -0.39 is 39.7 Å². The summed E-state index contributed by atoms with van der Waals surface area (Å²) in [4.78, 5) is 43.2. The van der Waals surface area contributed by atoms with Crippen LogP contribution in [0.5, 0.6) is 0 Å². The molecule has 3 atom stereocenters. The van der Waals surface area contributed by atoms with E-state index in [2.05, 4.69) is 57.5 Å². The number of ketones is 3. The van der Waals surface area contributed by atoms with E-state index in [1.54, 1.807) is 0 Å². The normalized spacial score (nSPS) is 15.0. The lowest BCUT2D eigenvalue weighted by Crippen LogP contribution is -2.71. The zero-order valence-electron chi connectivity index (χ0n) is 32.5. The van der Waals surface area contributed by atoms with Gasteiger partial charge in [0.1, 0.15) is 25.2 Å². The molecule has 0 rings (SSSR count). The van der Waals surface area contributed by atoms with Gasteiger partial charge in [-0.25, -0.2) is 0 Å². The quantitative estimate of drug-likeness (QED) is 0.0971. The van der Waals surface area contributed by atoms with E-state index in [-0.39, 0.29) is 29.3 Å². The SMILES string of the molecule is [B][B]C(NC(CC)(CC)C(CC)(CC)C(=O)C([B])NC(CC)(CC)C(CC)(CC)C(=O)C([B][B])NC(CC)CC)C(=O)C(CC)CC. The van der Waals surface area contributed by atoms with Crippen molar-refractivity contribution in [3.63, 3.8) is 0 Å². The van der Waals surface area contributed by atoms with Crippen molar-refractivity contribution in [3.8, 4) is 0 Å². The van der Waals surface area contributed by atoms with Crippen LogP contribution in [-0.4, -0.2) is 90.0 Å². The second-order valence-corrected chi connectivity index (χ2v) is 13.6. The van der Waals surface area contributed by atoms with Gasteiger partial charge in [-0.1, -0.05) is 83.1 Å². The molecular weight excluding hydrogens is 576 g/mol. The molecule has 0 heterocycles. The fourth-order valence-electron chi connectivity index (χ4n) is 8.97. The third-order valence-corrected chi connectivity index (χ3v) is 12.5. The van der Waals surface area contributed by atoms with Gasteiger partial charge in [0, 0.05) is 67.2 Å². The van der Waals surface area contributed by atoms with E-state index in [0.717, 1.165) is 25.7 Å². The maximum atomic E-state index is 15.0. The molecule has 0 spiro atoms. The first-order valence-electron chi connectivity index (χ1n) is 19.0. The van der Waals surface area contributed by atoms with Crippen LogP contribution in [0.3, 0.4) is 0 Å². The van der Waals surface area contributed by atoms with E-state index in [1.165, 1.54) is 14.3 Å². The van der Waals surface area contributed by atoms with Crippen LogP contribution in [0.2, 0.25) is 0 Å². The van der Waals surface area contributed by atoms with Gasteiger partial charge in [0.05, 0.1) is 14.3 Å². The zero-order valence-corrected chi connectivity index (χ0v) is 32.5. The molecule has 0 aliphatic carbocycles. The maximum Gasteiger partial charge on any atom is 0.148 e. The predicted octanol–water partition coefficient (Wildman–Crippen LogP) is 5.54. The predicted molar refractivity (Wildman–Crippen MR) is 206 cm³/mol. The van der Waals surface area contributed by atoms with Gasteiger partial charge in [-0.3, -0.25) is 14.4 Å². The van der Waals surface area contributed by atoms with E-state index >= 15 is 0 Å². The Morgan fingerprint density at radius 3 is 1.26 bits per heavy atom. The van der Waals surface area contributed by atoms with Crippen LogP contribution in [-0.2, 0) is 14.4 Å². The molecule has 0 aromatic carbocycles. The van der Waals surface area contributed by atoms with E-state index in [0.29, 0.717) is 51.4 Å². The highest BCUT2D eigenvalue weighted by Crippen LogP contribution is 2.48. The van der Waals surface area contributed by atoms with Gasteiger partial charge in [-0.2, -0.15) is 0 Å². The van der Waals surface area contributed by atoms with Gasteiger partial charge in [0.15, 0.2) is 0 Å². The molecule has 47 heavy (non-hydrogen) atoms. The summed E-state index contributed by atoms with van der Waals surface area (Å²) in [5.41, 5.74) is -3.24. The van der Waals surface area contributed by atoms with Gasteiger partial charge in [0.2, 0.25) is 0 Å². The summed E-state index contributed by atoms with van der Waals surface area (Å²) in [7, 11) is 22.2. The van der Waals surface area contributed by atoms with Crippen molar-refractivity contribution in [1.29, 1.82) is 0 Å². The molecule has 0 aliphatic rings. The molecular formula is C36H68B5N3O3. The molecule has 6 nitrogen and oxygen atoms in total. The van der Waals surface area contributed by atoms with Crippen molar-refractivity contribution in [2.24, 2.45) is 16.7 Å². The molecule has 0 aliphatic heterocycles. The van der Waals surface area contributed by atoms with E-state index in [9.17, 15) is 14.4 Å². The lowest BCUT2D eigenvalue weighted by molar-refractivity contribution is -0.141. The standard InChI is InChI=1S/C36H68B5N3O3/c1-13-25(14-2)27(45)31(40-38)44-36(23-11,24-12)33(17-5,18-6)28(46)30(37)43-35(21-9,22-10)34(19-7,20-8)29(47)32(41-39)42-26(15-3)16-4/h25-26,30-32,42-44H,13-24H2,1-12H3. The number of carbonyl (C=O) groups is 3. The smallest absolute Gasteiger partial charge is 0.148 e.